The third-order valence-electron chi connectivity index (χ3n) is 4.20. The van der Waals surface area contributed by atoms with Crippen molar-refractivity contribution < 1.29 is 17.9 Å². The van der Waals surface area contributed by atoms with Crippen molar-refractivity contribution in [1.82, 2.24) is 9.29 Å². The minimum atomic E-state index is -3.68. The molecule has 0 spiro atoms. The number of benzene rings is 2. The highest BCUT2D eigenvalue weighted by Crippen LogP contribution is 2.16. The van der Waals surface area contributed by atoms with Crippen LogP contribution >= 0.6 is 0 Å². The number of hydrogen-bond donors (Lipinski definition) is 1. The van der Waals surface area contributed by atoms with Gasteiger partial charge in [0.2, 0.25) is 10.0 Å². The van der Waals surface area contributed by atoms with E-state index in [2.05, 4.69) is 9.29 Å². The van der Waals surface area contributed by atoms with Gasteiger partial charge in [0.1, 0.15) is 0 Å². The minimum absolute atomic E-state index is 0.0551. The molecule has 3 rings (SSSR count). The molecule has 0 saturated carbocycles. The standard InChI is InChI=1S/C20H22N2O4S/c1-2-26-20(23)17-8-5-9-18(15-17)27(24,25)21-12-6-13-22-14-11-16-7-3-4-10-19(16)22/h3-5,7-11,14-15,21H,2,6,12-13H2,1H3. The molecule has 6 nitrogen and oxygen atoms in total. The molecule has 1 N–H and O–H groups in total. The number of sulfonamides is 1. The van der Waals surface area contributed by atoms with Crippen LogP contribution in [0, 0.1) is 0 Å². The summed E-state index contributed by atoms with van der Waals surface area (Å²) >= 11 is 0. The Kier molecular flexibility index (Phi) is 5.93. The molecule has 0 aliphatic heterocycles. The SMILES string of the molecule is CCOC(=O)c1cccc(S(=O)(=O)NCCCn2ccc3ccccc32)c1. The summed E-state index contributed by atoms with van der Waals surface area (Å²) in [5, 5.41) is 1.16. The molecule has 0 aliphatic rings. The van der Waals surface area contributed by atoms with Crippen LogP contribution in [0.4, 0.5) is 0 Å². The predicted molar refractivity (Wildman–Crippen MR) is 104 cm³/mol. The van der Waals surface area contributed by atoms with Crippen molar-refractivity contribution in [1.29, 1.82) is 0 Å². The first-order chi connectivity index (χ1) is 13.0. The van der Waals surface area contributed by atoms with Crippen molar-refractivity contribution >= 4 is 26.9 Å². The van der Waals surface area contributed by atoms with Crippen molar-refractivity contribution in [3.8, 4) is 0 Å². The molecule has 0 unspecified atom stereocenters. The van der Waals surface area contributed by atoms with E-state index in [1.165, 1.54) is 24.3 Å². The van der Waals surface area contributed by atoms with Crippen molar-refractivity contribution in [2.75, 3.05) is 13.2 Å². The first-order valence-corrected chi connectivity index (χ1v) is 10.3. The average Bonchev–Trinajstić information content (AvgIpc) is 3.09. The number of hydrogen-bond acceptors (Lipinski definition) is 4. The zero-order valence-electron chi connectivity index (χ0n) is 15.1. The van der Waals surface area contributed by atoms with Crippen LogP contribution in [0.1, 0.15) is 23.7 Å². The third-order valence-corrected chi connectivity index (χ3v) is 5.66. The van der Waals surface area contributed by atoms with E-state index >= 15 is 0 Å². The fraction of sp³-hybridized carbons (Fsp3) is 0.250. The lowest BCUT2D eigenvalue weighted by atomic mass is 10.2. The van der Waals surface area contributed by atoms with Gasteiger partial charge >= 0.3 is 5.97 Å². The molecule has 142 valence electrons. The summed E-state index contributed by atoms with van der Waals surface area (Å²) in [4.78, 5) is 11.8. The summed E-state index contributed by atoms with van der Waals surface area (Å²) in [6, 6.07) is 16.0. The Balaban J connectivity index is 1.60. The number of aromatic nitrogens is 1. The largest absolute Gasteiger partial charge is 0.462 e. The summed E-state index contributed by atoms with van der Waals surface area (Å²) in [7, 11) is -3.68. The van der Waals surface area contributed by atoms with E-state index in [4.69, 9.17) is 4.74 Å². The molecule has 1 aromatic heterocycles. The molecule has 7 heteroatoms. The molecule has 0 amide bonds. The van der Waals surface area contributed by atoms with Crippen LogP contribution in [0.5, 0.6) is 0 Å². The Morgan fingerprint density at radius 3 is 2.74 bits per heavy atom. The second-order valence-corrected chi connectivity index (χ2v) is 7.83. The van der Waals surface area contributed by atoms with Crippen LogP contribution in [0.3, 0.4) is 0 Å². The monoisotopic (exact) mass is 386 g/mol. The fourth-order valence-electron chi connectivity index (χ4n) is 2.88. The number of nitrogens with zero attached hydrogens (tertiary/aromatic N) is 1. The Labute approximate surface area is 158 Å². The lowest BCUT2D eigenvalue weighted by molar-refractivity contribution is 0.0526. The number of nitrogens with one attached hydrogen (secondary N) is 1. The topological polar surface area (TPSA) is 77.4 Å². The van der Waals surface area contributed by atoms with E-state index in [-0.39, 0.29) is 17.1 Å². The molecule has 3 aromatic rings. The van der Waals surface area contributed by atoms with Gasteiger partial charge in [-0.15, -0.1) is 0 Å². The number of carbonyl (C=O) groups is 1. The van der Waals surface area contributed by atoms with Gasteiger partial charge in [-0.3, -0.25) is 0 Å². The normalized spacial score (nSPS) is 11.6. The number of aryl methyl sites for hydroxylation is 1. The third kappa shape index (κ3) is 4.56. The lowest BCUT2D eigenvalue weighted by Crippen LogP contribution is -2.25. The molecule has 0 atom stereocenters. The number of para-hydroxylation sites is 1. The van der Waals surface area contributed by atoms with Crippen molar-refractivity contribution in [2.45, 2.75) is 24.8 Å². The molecule has 0 bridgehead atoms. The van der Waals surface area contributed by atoms with Gasteiger partial charge in [0.25, 0.3) is 0 Å². The quantitative estimate of drug-likeness (QED) is 0.476. The molecule has 1 heterocycles. The predicted octanol–water partition coefficient (Wildman–Crippen LogP) is 3.19. The first kappa shape index (κ1) is 19.1. The van der Waals surface area contributed by atoms with Crippen molar-refractivity contribution in [2.24, 2.45) is 0 Å². The molecular formula is C20H22N2O4S. The summed E-state index contributed by atoms with van der Waals surface area (Å²) in [6.45, 7) is 2.95. The van der Waals surface area contributed by atoms with Gasteiger partial charge in [0.05, 0.1) is 17.1 Å². The van der Waals surface area contributed by atoms with E-state index in [0.29, 0.717) is 19.5 Å². The first-order valence-electron chi connectivity index (χ1n) is 8.82. The van der Waals surface area contributed by atoms with Gasteiger partial charge in [-0.2, -0.15) is 0 Å². The maximum Gasteiger partial charge on any atom is 0.338 e. The number of carbonyl (C=O) groups excluding carboxylic acids is 1. The van der Waals surface area contributed by atoms with Crippen molar-refractivity contribution in [3.05, 3.63) is 66.4 Å². The highest BCUT2D eigenvalue weighted by Gasteiger charge is 2.16. The average molecular weight is 386 g/mol. The zero-order chi connectivity index (χ0) is 19.3. The van der Waals surface area contributed by atoms with Crippen LogP contribution in [-0.2, 0) is 21.3 Å². The maximum absolute atomic E-state index is 12.5. The molecule has 0 saturated heterocycles. The molecule has 27 heavy (non-hydrogen) atoms. The summed E-state index contributed by atoms with van der Waals surface area (Å²) < 4.78 is 34.5. The molecule has 0 radical (unpaired) electrons. The van der Waals surface area contributed by atoms with E-state index in [0.717, 1.165) is 10.9 Å². The summed E-state index contributed by atoms with van der Waals surface area (Å²) in [6.07, 6.45) is 2.65. The van der Waals surface area contributed by atoms with E-state index < -0.39 is 16.0 Å². The van der Waals surface area contributed by atoms with Crippen LogP contribution in [-0.4, -0.2) is 32.1 Å². The van der Waals surface area contributed by atoms with Gasteiger partial charge < -0.3 is 9.30 Å². The van der Waals surface area contributed by atoms with Gasteiger partial charge in [0, 0.05) is 24.8 Å². The Hall–Kier alpha value is -2.64. The number of esters is 1. The van der Waals surface area contributed by atoms with Crippen LogP contribution in [0.2, 0.25) is 0 Å². The minimum Gasteiger partial charge on any atom is -0.462 e. The lowest BCUT2D eigenvalue weighted by Gasteiger charge is -2.09. The number of rotatable bonds is 8. The summed E-state index contributed by atoms with van der Waals surface area (Å²) in [5.74, 6) is -0.533. The molecule has 2 aromatic carbocycles. The zero-order valence-corrected chi connectivity index (χ0v) is 15.9. The Bertz CT molecular complexity index is 1040. The van der Waals surface area contributed by atoms with Gasteiger partial charge in [-0.05, 0) is 49.1 Å². The van der Waals surface area contributed by atoms with E-state index in [1.54, 1.807) is 6.92 Å². The maximum atomic E-state index is 12.5. The highest BCUT2D eigenvalue weighted by atomic mass is 32.2. The fourth-order valence-corrected chi connectivity index (χ4v) is 4.00. The Morgan fingerprint density at radius 1 is 1.11 bits per heavy atom. The van der Waals surface area contributed by atoms with Crippen molar-refractivity contribution in [3.63, 3.8) is 0 Å². The van der Waals surface area contributed by atoms with Crippen LogP contribution < -0.4 is 4.72 Å². The van der Waals surface area contributed by atoms with E-state index in [9.17, 15) is 13.2 Å². The van der Waals surface area contributed by atoms with E-state index in [1.807, 2.05) is 36.5 Å². The van der Waals surface area contributed by atoms with Crippen LogP contribution in [0.25, 0.3) is 10.9 Å². The van der Waals surface area contributed by atoms with Gasteiger partial charge in [-0.1, -0.05) is 24.3 Å². The van der Waals surface area contributed by atoms with Gasteiger partial charge in [0.15, 0.2) is 0 Å². The van der Waals surface area contributed by atoms with Crippen LogP contribution in [0.15, 0.2) is 65.7 Å². The van der Waals surface area contributed by atoms with Gasteiger partial charge in [-0.25, -0.2) is 17.9 Å². The number of fused-ring (bicyclic) bond motifs is 1. The molecular weight excluding hydrogens is 364 g/mol. The Morgan fingerprint density at radius 2 is 1.93 bits per heavy atom. The number of ether oxygens (including phenoxy) is 1. The molecule has 0 fully saturated rings. The second kappa shape index (κ2) is 8.37. The smallest absolute Gasteiger partial charge is 0.338 e. The highest BCUT2D eigenvalue weighted by molar-refractivity contribution is 7.89. The summed E-state index contributed by atoms with van der Waals surface area (Å²) in [5.41, 5.74) is 1.35. The second-order valence-electron chi connectivity index (χ2n) is 6.07. The molecule has 0 aliphatic carbocycles.